The summed E-state index contributed by atoms with van der Waals surface area (Å²) in [5, 5.41) is 0. The first-order chi connectivity index (χ1) is 14.5. The SMILES string of the molecule is Cc1cccc(C(=O)N2CCC[C@@H](Oc3ccc(Br)cn3)[C@@H]2C)c1-c1ncccn1. The molecule has 0 spiro atoms. The fourth-order valence-corrected chi connectivity index (χ4v) is 4.10. The van der Waals surface area contributed by atoms with Gasteiger partial charge in [0.2, 0.25) is 5.88 Å². The van der Waals surface area contributed by atoms with Crippen LogP contribution in [-0.2, 0) is 0 Å². The third kappa shape index (κ3) is 4.21. The fraction of sp³-hybridized carbons (Fsp3) is 0.304. The van der Waals surface area contributed by atoms with Crippen LogP contribution < -0.4 is 4.74 Å². The Balaban J connectivity index is 1.60. The molecule has 1 amide bonds. The zero-order valence-electron chi connectivity index (χ0n) is 17.0. The highest BCUT2D eigenvalue weighted by atomic mass is 79.9. The van der Waals surface area contributed by atoms with Crippen molar-refractivity contribution in [1.82, 2.24) is 19.9 Å². The summed E-state index contributed by atoms with van der Waals surface area (Å²) in [6.45, 7) is 4.71. The maximum Gasteiger partial charge on any atom is 0.254 e. The Morgan fingerprint density at radius 1 is 1.13 bits per heavy atom. The largest absolute Gasteiger partial charge is 0.472 e. The summed E-state index contributed by atoms with van der Waals surface area (Å²) >= 11 is 3.39. The lowest BCUT2D eigenvalue weighted by atomic mass is 9.95. The normalized spacial score (nSPS) is 18.8. The highest BCUT2D eigenvalue weighted by Gasteiger charge is 2.34. The number of piperidine rings is 1. The van der Waals surface area contributed by atoms with Crippen molar-refractivity contribution in [2.45, 2.75) is 38.8 Å². The van der Waals surface area contributed by atoms with Crippen LogP contribution in [0.4, 0.5) is 0 Å². The van der Waals surface area contributed by atoms with E-state index < -0.39 is 0 Å². The number of carbonyl (C=O) groups excluding carboxylic acids is 1. The lowest BCUT2D eigenvalue weighted by molar-refractivity contribution is 0.0267. The molecule has 2 aromatic heterocycles. The minimum absolute atomic E-state index is 0.0225. The van der Waals surface area contributed by atoms with Crippen molar-refractivity contribution in [3.05, 3.63) is 70.6 Å². The second kappa shape index (κ2) is 8.92. The van der Waals surface area contributed by atoms with E-state index in [0.717, 1.165) is 28.4 Å². The number of aromatic nitrogens is 3. The Morgan fingerprint density at radius 2 is 1.93 bits per heavy atom. The van der Waals surface area contributed by atoms with Gasteiger partial charge in [-0.05, 0) is 66.4 Å². The Hall–Kier alpha value is -2.80. The van der Waals surface area contributed by atoms with E-state index in [1.54, 1.807) is 24.7 Å². The molecule has 0 aliphatic carbocycles. The average molecular weight is 467 g/mol. The molecule has 1 aromatic carbocycles. The van der Waals surface area contributed by atoms with E-state index in [-0.39, 0.29) is 18.1 Å². The second-order valence-corrected chi connectivity index (χ2v) is 8.34. The molecule has 1 aliphatic rings. The van der Waals surface area contributed by atoms with Crippen LogP contribution in [0.5, 0.6) is 5.88 Å². The molecule has 1 saturated heterocycles. The molecule has 0 radical (unpaired) electrons. The Kier molecular flexibility index (Phi) is 6.08. The predicted molar refractivity (Wildman–Crippen MR) is 118 cm³/mol. The quantitative estimate of drug-likeness (QED) is 0.558. The lowest BCUT2D eigenvalue weighted by Crippen LogP contribution is -2.51. The van der Waals surface area contributed by atoms with E-state index in [1.807, 2.05) is 49.1 Å². The maximum absolute atomic E-state index is 13.6. The van der Waals surface area contributed by atoms with Gasteiger partial charge >= 0.3 is 0 Å². The van der Waals surface area contributed by atoms with Crippen molar-refractivity contribution in [3.63, 3.8) is 0 Å². The first-order valence-electron chi connectivity index (χ1n) is 10.0. The Bertz CT molecular complexity index is 1030. The van der Waals surface area contributed by atoms with Crippen molar-refractivity contribution in [1.29, 1.82) is 0 Å². The van der Waals surface area contributed by atoms with Gasteiger partial charge in [-0.25, -0.2) is 15.0 Å². The molecule has 0 bridgehead atoms. The Labute approximate surface area is 184 Å². The van der Waals surface area contributed by atoms with Gasteiger partial charge in [-0.15, -0.1) is 0 Å². The first kappa shape index (κ1) is 20.5. The summed E-state index contributed by atoms with van der Waals surface area (Å²) in [6.07, 6.45) is 6.75. The zero-order valence-corrected chi connectivity index (χ0v) is 18.5. The van der Waals surface area contributed by atoms with E-state index in [1.165, 1.54) is 0 Å². The van der Waals surface area contributed by atoms with Gasteiger partial charge in [0.05, 0.1) is 11.6 Å². The standard InChI is InChI=1S/C23H23BrN4O2/c1-15-6-3-7-18(21(15)22-25-11-5-12-26-22)23(29)28-13-4-8-19(16(28)2)30-20-10-9-17(24)14-27-20/h3,5-7,9-12,14,16,19H,4,8,13H2,1-2H3/t16-,19+/m0/s1. The topological polar surface area (TPSA) is 68.2 Å². The molecule has 1 fully saturated rings. The molecule has 6 nitrogen and oxygen atoms in total. The van der Waals surface area contributed by atoms with E-state index in [9.17, 15) is 4.79 Å². The molecular formula is C23H23BrN4O2. The summed E-state index contributed by atoms with van der Waals surface area (Å²) < 4.78 is 7.03. The molecule has 0 N–H and O–H groups in total. The molecule has 154 valence electrons. The van der Waals surface area contributed by atoms with Crippen molar-refractivity contribution in [2.75, 3.05) is 6.54 Å². The molecule has 0 unspecified atom stereocenters. The van der Waals surface area contributed by atoms with Gasteiger partial charge in [0.15, 0.2) is 5.82 Å². The molecule has 4 rings (SSSR count). The summed E-state index contributed by atoms with van der Waals surface area (Å²) in [6, 6.07) is 11.2. The van der Waals surface area contributed by atoms with Gasteiger partial charge < -0.3 is 9.64 Å². The molecule has 1 aliphatic heterocycles. The molecule has 3 heterocycles. The number of hydrogen-bond donors (Lipinski definition) is 0. The molecule has 30 heavy (non-hydrogen) atoms. The van der Waals surface area contributed by atoms with E-state index in [4.69, 9.17) is 4.74 Å². The van der Waals surface area contributed by atoms with Crippen LogP contribution in [0.1, 0.15) is 35.7 Å². The number of benzene rings is 1. The van der Waals surface area contributed by atoms with E-state index in [0.29, 0.717) is 23.8 Å². The number of likely N-dealkylation sites (tertiary alicyclic amines) is 1. The molecular weight excluding hydrogens is 444 g/mol. The fourth-order valence-electron chi connectivity index (χ4n) is 3.86. The summed E-state index contributed by atoms with van der Waals surface area (Å²) in [4.78, 5) is 28.6. The second-order valence-electron chi connectivity index (χ2n) is 7.42. The number of aryl methyl sites for hydroxylation is 1. The number of amides is 1. The number of rotatable bonds is 4. The third-order valence-electron chi connectivity index (χ3n) is 5.44. The van der Waals surface area contributed by atoms with Crippen molar-refractivity contribution >= 4 is 21.8 Å². The minimum Gasteiger partial charge on any atom is -0.472 e. The van der Waals surface area contributed by atoms with Gasteiger partial charge in [0, 0.05) is 41.2 Å². The molecule has 0 saturated carbocycles. The predicted octanol–water partition coefficient (Wildman–Crippen LogP) is 4.68. The van der Waals surface area contributed by atoms with Crippen molar-refractivity contribution < 1.29 is 9.53 Å². The highest BCUT2D eigenvalue weighted by molar-refractivity contribution is 9.10. The van der Waals surface area contributed by atoms with E-state index >= 15 is 0 Å². The average Bonchev–Trinajstić information content (AvgIpc) is 2.76. The van der Waals surface area contributed by atoms with Gasteiger partial charge in [0.25, 0.3) is 5.91 Å². The van der Waals surface area contributed by atoms with Crippen LogP contribution in [0.2, 0.25) is 0 Å². The minimum atomic E-state index is -0.113. The number of halogens is 1. The van der Waals surface area contributed by atoms with Gasteiger partial charge in [-0.3, -0.25) is 4.79 Å². The van der Waals surface area contributed by atoms with Crippen LogP contribution in [0.3, 0.4) is 0 Å². The summed E-state index contributed by atoms with van der Waals surface area (Å²) in [5.74, 6) is 1.11. The summed E-state index contributed by atoms with van der Waals surface area (Å²) in [7, 11) is 0. The van der Waals surface area contributed by atoms with Gasteiger partial charge in [-0.1, -0.05) is 12.1 Å². The van der Waals surface area contributed by atoms with Gasteiger partial charge in [-0.2, -0.15) is 0 Å². The van der Waals surface area contributed by atoms with Crippen molar-refractivity contribution in [3.8, 4) is 17.3 Å². The molecule has 3 aromatic rings. The highest BCUT2D eigenvalue weighted by Crippen LogP contribution is 2.29. The number of ether oxygens (including phenoxy) is 1. The van der Waals surface area contributed by atoms with Crippen LogP contribution in [0.15, 0.2) is 59.5 Å². The monoisotopic (exact) mass is 466 g/mol. The van der Waals surface area contributed by atoms with Crippen LogP contribution in [0, 0.1) is 6.92 Å². The zero-order chi connectivity index (χ0) is 21.1. The molecule has 2 atom stereocenters. The van der Waals surface area contributed by atoms with Crippen LogP contribution in [0.25, 0.3) is 11.4 Å². The summed E-state index contributed by atoms with van der Waals surface area (Å²) in [5.41, 5.74) is 2.38. The van der Waals surface area contributed by atoms with Crippen molar-refractivity contribution in [2.24, 2.45) is 0 Å². The number of pyridine rings is 1. The smallest absolute Gasteiger partial charge is 0.254 e. The third-order valence-corrected chi connectivity index (χ3v) is 5.91. The molecule has 7 heteroatoms. The Morgan fingerprint density at radius 3 is 2.67 bits per heavy atom. The number of nitrogens with zero attached hydrogens (tertiary/aromatic N) is 4. The van der Waals surface area contributed by atoms with Gasteiger partial charge in [0.1, 0.15) is 6.10 Å². The maximum atomic E-state index is 13.6. The first-order valence-corrected chi connectivity index (χ1v) is 10.8. The number of carbonyl (C=O) groups is 1. The van der Waals surface area contributed by atoms with Crippen LogP contribution in [-0.4, -0.2) is 44.4 Å². The van der Waals surface area contributed by atoms with E-state index in [2.05, 4.69) is 30.9 Å². The lowest BCUT2D eigenvalue weighted by Gasteiger charge is -2.39. The van der Waals surface area contributed by atoms with Crippen LogP contribution >= 0.6 is 15.9 Å². The number of hydrogen-bond acceptors (Lipinski definition) is 5.